The van der Waals surface area contributed by atoms with Gasteiger partial charge in [-0.25, -0.2) is 13.6 Å². The minimum Gasteiger partial charge on any atom is -0.457 e. The Balaban J connectivity index is 1.82. The number of carbonyl (C=O) groups is 1. The van der Waals surface area contributed by atoms with Crippen molar-refractivity contribution in [2.45, 2.75) is 18.4 Å². The number of halogens is 2. The van der Waals surface area contributed by atoms with E-state index in [1.807, 2.05) is 29.0 Å². The van der Waals surface area contributed by atoms with Crippen molar-refractivity contribution < 1.29 is 27.4 Å². The first-order valence-corrected chi connectivity index (χ1v) is 9.42. The number of nitrogens with zero attached hydrogens (tertiary/aromatic N) is 2. The lowest BCUT2D eigenvalue weighted by atomic mass is 9.79. The van der Waals surface area contributed by atoms with Crippen molar-refractivity contribution in [3.8, 4) is 11.3 Å². The highest BCUT2D eigenvalue weighted by Crippen LogP contribution is 2.44. The molecule has 5 rings (SSSR count). The molecule has 0 N–H and O–H groups in total. The largest absolute Gasteiger partial charge is 0.457 e. The summed E-state index contributed by atoms with van der Waals surface area (Å²) in [5, 5.41) is 0. The molecule has 0 spiro atoms. The van der Waals surface area contributed by atoms with Crippen molar-refractivity contribution in [1.29, 1.82) is 0 Å². The lowest BCUT2D eigenvalue weighted by molar-refractivity contribution is -0.720. The number of aromatic nitrogens is 2. The maximum atomic E-state index is 14.9. The molecule has 1 aromatic carbocycles. The lowest BCUT2D eigenvalue weighted by Gasteiger charge is -2.29. The van der Waals surface area contributed by atoms with Gasteiger partial charge in [-0.2, -0.15) is 9.13 Å². The summed E-state index contributed by atoms with van der Waals surface area (Å²) in [5.41, 5.74) is 2.45. The van der Waals surface area contributed by atoms with Gasteiger partial charge < -0.3 is 4.74 Å². The van der Waals surface area contributed by atoms with Crippen LogP contribution in [0.1, 0.15) is 34.4 Å². The molecule has 0 fully saturated rings. The molecular formula is C23H18F2N2O2+2. The van der Waals surface area contributed by atoms with Crippen molar-refractivity contribution in [2.75, 3.05) is 6.61 Å². The Morgan fingerprint density at radius 3 is 2.62 bits per heavy atom. The van der Waals surface area contributed by atoms with Gasteiger partial charge in [0.05, 0.1) is 12.2 Å². The highest BCUT2D eigenvalue weighted by Gasteiger charge is 2.47. The van der Waals surface area contributed by atoms with Gasteiger partial charge in [0, 0.05) is 36.8 Å². The molecule has 0 radical (unpaired) electrons. The summed E-state index contributed by atoms with van der Waals surface area (Å²) < 4.78 is 38.3. The number of cyclic esters (lactones) is 1. The predicted octanol–water partition coefficient (Wildman–Crippen LogP) is 3.58. The van der Waals surface area contributed by atoms with Gasteiger partial charge in [0.1, 0.15) is 17.6 Å². The summed E-state index contributed by atoms with van der Waals surface area (Å²) in [7, 11) is 0. The molecule has 6 heteroatoms. The van der Waals surface area contributed by atoms with E-state index in [1.165, 1.54) is 6.07 Å². The van der Waals surface area contributed by atoms with Gasteiger partial charge >= 0.3 is 5.97 Å². The number of fused-ring (bicyclic) bond motifs is 7. The summed E-state index contributed by atoms with van der Waals surface area (Å²) >= 11 is 0. The van der Waals surface area contributed by atoms with Gasteiger partial charge in [0.25, 0.3) is 5.69 Å². The fraction of sp³-hybridized carbons (Fsp3) is 0.174. The van der Waals surface area contributed by atoms with Crippen LogP contribution in [0.4, 0.5) is 8.78 Å². The molecule has 0 amide bonds. The van der Waals surface area contributed by atoms with E-state index in [9.17, 15) is 13.6 Å². The lowest BCUT2D eigenvalue weighted by Crippen LogP contribution is -2.51. The third kappa shape index (κ3) is 2.67. The van der Waals surface area contributed by atoms with Gasteiger partial charge in [0.2, 0.25) is 5.69 Å². The average molecular weight is 392 g/mol. The highest BCUT2D eigenvalue weighted by atomic mass is 19.1. The van der Waals surface area contributed by atoms with Crippen LogP contribution in [-0.2, 0) is 4.74 Å². The number of benzene rings is 1. The monoisotopic (exact) mass is 392 g/mol. The van der Waals surface area contributed by atoms with Crippen LogP contribution in [0.5, 0.6) is 0 Å². The molecule has 2 aliphatic heterocycles. The predicted molar refractivity (Wildman–Crippen MR) is 101 cm³/mol. The Bertz CT molecular complexity index is 1180. The topological polar surface area (TPSA) is 34.1 Å². The molecule has 3 aromatic rings. The number of pyridine rings is 2. The number of ether oxygens (including phenoxy) is 1. The van der Waals surface area contributed by atoms with Crippen LogP contribution >= 0.6 is 0 Å². The van der Waals surface area contributed by atoms with E-state index >= 15 is 0 Å². The van der Waals surface area contributed by atoms with Crippen LogP contribution in [-0.4, -0.2) is 12.6 Å². The van der Waals surface area contributed by atoms with Crippen LogP contribution in [0.2, 0.25) is 0 Å². The van der Waals surface area contributed by atoms with E-state index in [4.69, 9.17) is 4.74 Å². The van der Waals surface area contributed by atoms with Crippen molar-refractivity contribution in [3.63, 3.8) is 0 Å². The minimum absolute atomic E-state index is 0.191. The van der Waals surface area contributed by atoms with Crippen molar-refractivity contribution in [3.05, 3.63) is 90.4 Å². The summed E-state index contributed by atoms with van der Waals surface area (Å²) in [5.74, 6) is -2.13. The zero-order valence-corrected chi connectivity index (χ0v) is 15.5. The maximum absolute atomic E-state index is 14.9. The van der Waals surface area contributed by atoms with Crippen LogP contribution in [0.15, 0.2) is 67.5 Å². The molecule has 2 aromatic heterocycles. The Morgan fingerprint density at radius 1 is 1.03 bits per heavy atom. The maximum Gasteiger partial charge on any atom is 0.404 e. The molecule has 29 heavy (non-hydrogen) atoms. The molecule has 0 bridgehead atoms. The smallest absolute Gasteiger partial charge is 0.404 e. The third-order valence-corrected chi connectivity index (χ3v) is 5.69. The first kappa shape index (κ1) is 17.7. The van der Waals surface area contributed by atoms with Gasteiger partial charge in [-0.15, -0.1) is 0 Å². The van der Waals surface area contributed by atoms with Crippen molar-refractivity contribution in [1.82, 2.24) is 0 Å². The van der Waals surface area contributed by atoms with Crippen LogP contribution in [0.25, 0.3) is 17.0 Å². The SMILES string of the molecule is C=C1C2c3cc(F)cc(F)c3-c3cccc[n+]3C2CCOC(=O)c2cccc[n+]21. The number of esters is 1. The van der Waals surface area contributed by atoms with Crippen molar-refractivity contribution in [2.24, 2.45) is 0 Å². The fourth-order valence-electron chi connectivity index (χ4n) is 4.50. The van der Waals surface area contributed by atoms with Crippen LogP contribution in [0.3, 0.4) is 0 Å². The van der Waals surface area contributed by atoms with E-state index in [0.29, 0.717) is 34.6 Å². The van der Waals surface area contributed by atoms with Gasteiger partial charge in [0.15, 0.2) is 24.1 Å². The fourth-order valence-corrected chi connectivity index (χ4v) is 4.50. The summed E-state index contributed by atoms with van der Waals surface area (Å²) in [4.78, 5) is 12.6. The Morgan fingerprint density at radius 2 is 1.79 bits per heavy atom. The standard InChI is InChI=1S/C23H18F2N2O2/c1-14-21-16-12-15(24)13-17(25)22(16)18-6-2-5-10-27(18)19(21)8-11-29-23(28)20-7-3-4-9-26(14)20/h2-7,9-10,12-13,19,21H,1,8,11H2/q+2. The zero-order chi connectivity index (χ0) is 20.1. The molecule has 2 aliphatic rings. The second-order valence-corrected chi connectivity index (χ2v) is 7.26. The second kappa shape index (κ2) is 6.58. The Kier molecular flexibility index (Phi) is 4.01. The first-order chi connectivity index (χ1) is 14.1. The van der Waals surface area contributed by atoms with Gasteiger partial charge in [-0.1, -0.05) is 0 Å². The third-order valence-electron chi connectivity index (χ3n) is 5.69. The van der Waals surface area contributed by atoms with Gasteiger partial charge in [-0.3, -0.25) is 0 Å². The number of hydrogen-bond acceptors (Lipinski definition) is 2. The summed E-state index contributed by atoms with van der Waals surface area (Å²) in [6, 6.07) is 12.8. The molecular weight excluding hydrogens is 374 g/mol. The zero-order valence-electron chi connectivity index (χ0n) is 15.5. The van der Waals surface area contributed by atoms with Crippen LogP contribution in [0, 0.1) is 11.6 Å². The molecule has 0 aliphatic carbocycles. The minimum atomic E-state index is -0.636. The molecule has 0 saturated carbocycles. The Hall–Kier alpha value is -3.41. The highest BCUT2D eigenvalue weighted by molar-refractivity contribution is 5.86. The number of rotatable bonds is 0. The molecule has 4 nitrogen and oxygen atoms in total. The van der Waals surface area contributed by atoms with E-state index in [-0.39, 0.29) is 12.6 Å². The van der Waals surface area contributed by atoms with Gasteiger partial charge in [-0.05, 0) is 30.3 Å². The summed E-state index contributed by atoms with van der Waals surface area (Å²) in [6.45, 7) is 4.44. The normalized spacial score (nSPS) is 20.2. The van der Waals surface area contributed by atoms with Crippen LogP contribution < -0.4 is 9.13 Å². The molecule has 144 valence electrons. The number of allylic oxidation sites excluding steroid dienone is 1. The second-order valence-electron chi connectivity index (χ2n) is 7.26. The van der Waals surface area contributed by atoms with E-state index < -0.39 is 23.5 Å². The molecule has 2 atom stereocenters. The average Bonchev–Trinajstić information content (AvgIpc) is 2.77. The van der Waals surface area contributed by atoms with E-state index in [1.54, 1.807) is 29.0 Å². The summed E-state index contributed by atoms with van der Waals surface area (Å²) in [6.07, 6.45) is 4.09. The number of carbonyl (C=O) groups excluding carboxylic acids is 1. The van der Waals surface area contributed by atoms with E-state index in [0.717, 1.165) is 6.07 Å². The molecule has 2 unspecified atom stereocenters. The van der Waals surface area contributed by atoms with E-state index in [2.05, 4.69) is 6.58 Å². The molecule has 4 heterocycles. The first-order valence-electron chi connectivity index (χ1n) is 9.42. The number of hydrogen-bond donors (Lipinski definition) is 0. The Labute approximate surface area is 166 Å². The van der Waals surface area contributed by atoms with Crippen molar-refractivity contribution >= 4 is 11.7 Å². The quantitative estimate of drug-likeness (QED) is 0.433. The molecule has 0 saturated heterocycles.